The molecule has 1 heterocycles. The van der Waals surface area contributed by atoms with Crippen LogP contribution in [0.3, 0.4) is 0 Å². The van der Waals surface area contributed by atoms with Gasteiger partial charge in [-0.1, -0.05) is 11.3 Å². The highest BCUT2D eigenvalue weighted by Gasteiger charge is 2.28. The quantitative estimate of drug-likeness (QED) is 0.672. The van der Waals surface area contributed by atoms with E-state index in [0.29, 0.717) is 6.07 Å². The van der Waals surface area contributed by atoms with Crippen LogP contribution in [0.4, 0.5) is 5.13 Å². The third-order valence-corrected chi connectivity index (χ3v) is 4.94. The van der Waals surface area contributed by atoms with Crippen molar-refractivity contribution in [3.05, 3.63) is 6.07 Å². The fraction of sp³-hybridized carbons (Fsp3) is 0.125. The molecule has 20 heavy (non-hydrogen) atoms. The van der Waals surface area contributed by atoms with E-state index in [1.165, 1.54) is 0 Å². The summed E-state index contributed by atoms with van der Waals surface area (Å²) in [7, 11) is -8.41. The molecule has 110 valence electrons. The van der Waals surface area contributed by atoms with Crippen LogP contribution in [0, 0.1) is 0 Å². The zero-order chi connectivity index (χ0) is 15.3. The largest absolute Gasteiger partial charge is 0.494 e. The summed E-state index contributed by atoms with van der Waals surface area (Å²) in [6.07, 6.45) is 0. The van der Waals surface area contributed by atoms with E-state index >= 15 is 0 Å². The minimum absolute atomic E-state index is 0.0206. The molecule has 0 saturated carbocycles. The molecule has 4 N–H and O–H groups in total. The normalized spacial score (nSPS) is 12.8. The number of methoxy groups -OCH3 is 1. The first-order chi connectivity index (χ1) is 9.05. The SMILES string of the molecule is COc1c(S(=O)(=O)O)cc(S(=O)(=O)O)c2nc(N)sc12. The molecular weight excluding hydrogens is 332 g/mol. The van der Waals surface area contributed by atoms with Crippen LogP contribution >= 0.6 is 11.3 Å². The lowest BCUT2D eigenvalue weighted by atomic mass is 10.3. The lowest BCUT2D eigenvalue weighted by molar-refractivity contribution is 0.402. The molecule has 0 atom stereocenters. The number of benzene rings is 1. The Bertz CT molecular complexity index is 898. The Kier molecular flexibility index (Phi) is 3.38. The average molecular weight is 340 g/mol. The third-order valence-electron chi connectivity index (χ3n) is 2.33. The van der Waals surface area contributed by atoms with Crippen molar-refractivity contribution in [1.82, 2.24) is 4.98 Å². The zero-order valence-electron chi connectivity index (χ0n) is 9.76. The van der Waals surface area contributed by atoms with Gasteiger partial charge >= 0.3 is 0 Å². The van der Waals surface area contributed by atoms with Gasteiger partial charge < -0.3 is 10.5 Å². The summed E-state index contributed by atoms with van der Waals surface area (Å²) in [6.45, 7) is 0. The van der Waals surface area contributed by atoms with Crippen molar-refractivity contribution in [1.29, 1.82) is 0 Å². The van der Waals surface area contributed by atoms with E-state index in [9.17, 15) is 16.8 Å². The number of nitrogens with two attached hydrogens (primary N) is 1. The maximum atomic E-state index is 11.3. The smallest absolute Gasteiger partial charge is 0.298 e. The number of aromatic nitrogens is 1. The second-order valence-electron chi connectivity index (χ2n) is 3.59. The Balaban J connectivity index is 3.11. The first-order valence-electron chi connectivity index (χ1n) is 4.77. The summed E-state index contributed by atoms with van der Waals surface area (Å²) in [5, 5.41) is -0.0595. The molecule has 0 bridgehead atoms. The molecule has 2 rings (SSSR count). The standard InChI is InChI=1S/C8H8N2O7S3/c1-17-6-4(20(14,15)16)2-3(19(11,12)13)5-7(6)18-8(9)10-5/h2H,1H3,(H2,9,10)(H,11,12,13)(H,14,15,16). The van der Waals surface area contributed by atoms with E-state index in [-0.39, 0.29) is 21.1 Å². The number of nitrogen functional groups attached to an aromatic ring is 1. The Labute approximate surface area is 117 Å². The number of hydrogen-bond acceptors (Lipinski definition) is 8. The van der Waals surface area contributed by atoms with Crippen LogP contribution in [0.1, 0.15) is 0 Å². The third kappa shape index (κ3) is 2.43. The van der Waals surface area contributed by atoms with Crippen molar-refractivity contribution in [2.45, 2.75) is 9.79 Å². The Morgan fingerprint density at radius 1 is 1.20 bits per heavy atom. The molecule has 0 spiro atoms. The van der Waals surface area contributed by atoms with Gasteiger partial charge in [-0.05, 0) is 6.07 Å². The van der Waals surface area contributed by atoms with Crippen LogP contribution in [-0.2, 0) is 20.2 Å². The van der Waals surface area contributed by atoms with Gasteiger partial charge in [0.05, 0.1) is 7.11 Å². The molecule has 0 amide bonds. The van der Waals surface area contributed by atoms with E-state index < -0.39 is 30.0 Å². The Hall–Kier alpha value is -1.47. The molecule has 0 radical (unpaired) electrons. The molecule has 0 aliphatic carbocycles. The highest BCUT2D eigenvalue weighted by molar-refractivity contribution is 7.87. The van der Waals surface area contributed by atoms with Gasteiger partial charge in [-0.3, -0.25) is 9.11 Å². The second-order valence-corrected chi connectivity index (χ2v) is 7.40. The molecule has 1 aromatic carbocycles. The van der Waals surface area contributed by atoms with E-state index in [2.05, 4.69) is 4.98 Å². The summed E-state index contributed by atoms with van der Waals surface area (Å²) in [5.74, 6) is -0.302. The van der Waals surface area contributed by atoms with Gasteiger partial charge in [0.25, 0.3) is 20.2 Å². The molecule has 12 heteroatoms. The van der Waals surface area contributed by atoms with Crippen molar-refractivity contribution in [3.63, 3.8) is 0 Å². The Morgan fingerprint density at radius 2 is 1.75 bits per heavy atom. The molecule has 9 nitrogen and oxygen atoms in total. The molecule has 0 fully saturated rings. The van der Waals surface area contributed by atoms with Crippen LogP contribution in [0.2, 0.25) is 0 Å². The average Bonchev–Trinajstić information content (AvgIpc) is 2.64. The lowest BCUT2D eigenvalue weighted by Crippen LogP contribution is -2.06. The number of rotatable bonds is 3. The monoisotopic (exact) mass is 340 g/mol. The maximum absolute atomic E-state index is 11.3. The summed E-state index contributed by atoms with van der Waals surface area (Å²) in [4.78, 5) is 2.13. The first-order valence-corrected chi connectivity index (χ1v) is 8.47. The van der Waals surface area contributed by atoms with Crippen LogP contribution in [0.25, 0.3) is 10.2 Å². The number of fused-ring (bicyclic) bond motifs is 1. The molecule has 0 unspecified atom stereocenters. The fourth-order valence-electron chi connectivity index (χ4n) is 1.60. The molecule has 2 aromatic rings. The molecule has 0 aliphatic rings. The van der Waals surface area contributed by atoms with Crippen LogP contribution in [0.15, 0.2) is 15.9 Å². The van der Waals surface area contributed by atoms with Gasteiger partial charge in [0, 0.05) is 0 Å². The summed E-state index contributed by atoms with van der Waals surface area (Å²) in [5.41, 5.74) is 5.21. The van der Waals surface area contributed by atoms with Crippen molar-refractivity contribution >= 4 is 46.9 Å². The number of ether oxygens (including phenoxy) is 1. The minimum Gasteiger partial charge on any atom is -0.494 e. The topological polar surface area (TPSA) is 157 Å². The van der Waals surface area contributed by atoms with Gasteiger partial charge in [-0.25, -0.2) is 4.98 Å². The van der Waals surface area contributed by atoms with Crippen molar-refractivity contribution in [2.24, 2.45) is 0 Å². The van der Waals surface area contributed by atoms with E-state index in [1.807, 2.05) is 0 Å². The summed E-state index contributed by atoms with van der Waals surface area (Å²) >= 11 is 0.754. The number of hydrogen-bond donors (Lipinski definition) is 3. The van der Waals surface area contributed by atoms with E-state index in [0.717, 1.165) is 18.4 Å². The molecular formula is C8H8N2O7S3. The zero-order valence-corrected chi connectivity index (χ0v) is 12.2. The second kappa shape index (κ2) is 4.53. The van der Waals surface area contributed by atoms with E-state index in [1.54, 1.807) is 0 Å². The van der Waals surface area contributed by atoms with E-state index in [4.69, 9.17) is 19.6 Å². The van der Waals surface area contributed by atoms with Crippen molar-refractivity contribution in [3.8, 4) is 5.75 Å². The van der Waals surface area contributed by atoms with Crippen LogP contribution in [0.5, 0.6) is 5.75 Å². The minimum atomic E-state index is -4.77. The number of nitrogens with zero attached hydrogens (tertiary/aromatic N) is 1. The first kappa shape index (κ1) is 14.9. The number of anilines is 1. The van der Waals surface area contributed by atoms with Gasteiger partial charge in [0.2, 0.25) is 0 Å². The summed E-state index contributed by atoms with van der Waals surface area (Å²) < 4.78 is 68.3. The van der Waals surface area contributed by atoms with Gasteiger partial charge in [-0.15, -0.1) is 0 Å². The predicted molar refractivity (Wildman–Crippen MR) is 70.2 cm³/mol. The van der Waals surface area contributed by atoms with Crippen LogP contribution < -0.4 is 10.5 Å². The molecule has 0 saturated heterocycles. The lowest BCUT2D eigenvalue weighted by Gasteiger charge is -2.08. The van der Waals surface area contributed by atoms with Crippen molar-refractivity contribution < 1.29 is 30.7 Å². The predicted octanol–water partition coefficient (Wildman–Crippen LogP) is 0.381. The van der Waals surface area contributed by atoms with Crippen molar-refractivity contribution in [2.75, 3.05) is 12.8 Å². The van der Waals surface area contributed by atoms with Gasteiger partial charge in [0.1, 0.15) is 20.0 Å². The molecule has 1 aromatic heterocycles. The highest BCUT2D eigenvalue weighted by atomic mass is 32.2. The fourth-order valence-corrected chi connectivity index (χ4v) is 4.04. The van der Waals surface area contributed by atoms with Crippen LogP contribution in [-0.4, -0.2) is 38.0 Å². The van der Waals surface area contributed by atoms with Gasteiger partial charge in [0.15, 0.2) is 10.9 Å². The summed E-state index contributed by atoms with van der Waals surface area (Å²) in [6, 6.07) is 0.561. The molecule has 0 aliphatic heterocycles. The maximum Gasteiger partial charge on any atom is 0.298 e. The highest BCUT2D eigenvalue weighted by Crippen LogP contribution is 2.40. The van der Waals surface area contributed by atoms with Gasteiger partial charge in [-0.2, -0.15) is 16.8 Å². The Morgan fingerprint density at radius 3 is 2.20 bits per heavy atom. The number of thiazole rings is 1.